The highest BCUT2D eigenvalue weighted by Gasteiger charge is 2.01. The molecule has 0 spiro atoms. The van der Waals surface area contributed by atoms with E-state index in [9.17, 15) is 0 Å². The highest BCUT2D eigenvalue weighted by Crippen LogP contribution is 2.17. The minimum absolute atomic E-state index is 1.03. The molecule has 1 aromatic carbocycles. The monoisotopic (exact) mass is 312 g/mol. The predicted molar refractivity (Wildman–Crippen MR) is 97.2 cm³/mol. The van der Waals surface area contributed by atoms with Crippen molar-refractivity contribution in [3.05, 3.63) is 91.5 Å². The zero-order valence-electron chi connectivity index (χ0n) is 13.0. The van der Waals surface area contributed by atoms with Gasteiger partial charge in [0.05, 0.1) is 22.1 Å². The number of rotatable bonds is 1. The summed E-state index contributed by atoms with van der Waals surface area (Å²) in [4.78, 5) is 11.5. The molecule has 4 nitrogen and oxygen atoms in total. The molecule has 4 heteroatoms. The number of pyridine rings is 2. The largest absolute Gasteiger partial charge is 0.360 e. The van der Waals surface area contributed by atoms with Crippen LogP contribution < -0.4 is 0 Å². The van der Waals surface area contributed by atoms with Crippen molar-refractivity contribution < 1.29 is 0 Å². The molecule has 0 aliphatic rings. The van der Waals surface area contributed by atoms with Crippen molar-refractivity contribution in [3.63, 3.8) is 0 Å². The van der Waals surface area contributed by atoms with Crippen LogP contribution in [0.4, 0.5) is 0 Å². The lowest BCUT2D eigenvalue weighted by atomic mass is 10.3. The van der Waals surface area contributed by atoms with Gasteiger partial charge in [0.2, 0.25) is 0 Å². The quantitative estimate of drug-likeness (QED) is 0.492. The summed E-state index contributed by atoms with van der Waals surface area (Å²) < 4.78 is 2.14. The number of para-hydroxylation sites is 1. The van der Waals surface area contributed by atoms with Gasteiger partial charge in [-0.25, -0.2) is 0 Å². The van der Waals surface area contributed by atoms with E-state index in [4.69, 9.17) is 0 Å². The number of aromatic amines is 1. The third-order valence-electron chi connectivity index (χ3n) is 3.81. The molecule has 0 amide bonds. The molecule has 0 aliphatic carbocycles. The van der Waals surface area contributed by atoms with Gasteiger partial charge in [0, 0.05) is 30.5 Å². The summed E-state index contributed by atoms with van der Waals surface area (Å²) in [5.41, 5.74) is 5.46. The first-order valence-electron chi connectivity index (χ1n) is 7.77. The summed E-state index contributed by atoms with van der Waals surface area (Å²) >= 11 is 0. The second-order valence-corrected chi connectivity index (χ2v) is 5.34. The van der Waals surface area contributed by atoms with Crippen LogP contribution in [0, 0.1) is 0 Å². The highest BCUT2D eigenvalue weighted by molar-refractivity contribution is 5.77. The molecule has 5 rings (SSSR count). The van der Waals surface area contributed by atoms with Crippen molar-refractivity contribution in [1.82, 2.24) is 19.5 Å². The summed E-state index contributed by atoms with van der Waals surface area (Å²) in [5.74, 6) is 0. The van der Waals surface area contributed by atoms with Gasteiger partial charge in [-0.1, -0.05) is 18.2 Å². The molecule has 0 unspecified atom stereocenters. The number of nitrogens with zero attached hydrogens (tertiary/aromatic N) is 3. The van der Waals surface area contributed by atoms with E-state index < -0.39 is 0 Å². The van der Waals surface area contributed by atoms with E-state index in [-0.39, 0.29) is 0 Å². The molecule has 0 radical (unpaired) electrons. The lowest BCUT2D eigenvalue weighted by Crippen LogP contribution is -1.90. The van der Waals surface area contributed by atoms with Crippen LogP contribution in [-0.4, -0.2) is 19.5 Å². The Balaban J connectivity index is 0.000000138. The second-order valence-electron chi connectivity index (χ2n) is 5.34. The van der Waals surface area contributed by atoms with E-state index in [1.54, 1.807) is 6.20 Å². The van der Waals surface area contributed by atoms with E-state index in [1.165, 1.54) is 5.69 Å². The van der Waals surface area contributed by atoms with Crippen molar-refractivity contribution in [2.75, 3.05) is 0 Å². The maximum Gasteiger partial charge on any atom is 0.0884 e. The smallest absolute Gasteiger partial charge is 0.0884 e. The molecule has 24 heavy (non-hydrogen) atoms. The molecular weight excluding hydrogens is 296 g/mol. The molecule has 116 valence electrons. The molecular formula is C20H16N4. The molecule has 4 aromatic heterocycles. The van der Waals surface area contributed by atoms with Crippen molar-refractivity contribution >= 4 is 22.1 Å². The Morgan fingerprint density at radius 2 is 1.50 bits per heavy atom. The van der Waals surface area contributed by atoms with Gasteiger partial charge < -0.3 is 9.55 Å². The number of hydrogen-bond acceptors (Lipinski definition) is 2. The molecule has 0 saturated carbocycles. The third kappa shape index (κ3) is 2.77. The SMILES string of the molecule is c1ccc(-n2ccc3ncccc32)cc1.c1cnc2cc[nH]c2c1. The molecule has 1 N–H and O–H groups in total. The number of nitrogens with one attached hydrogen (secondary N) is 1. The van der Waals surface area contributed by atoms with Crippen molar-refractivity contribution in [3.8, 4) is 5.69 Å². The Bertz CT molecular complexity index is 1030. The zero-order chi connectivity index (χ0) is 16.2. The number of H-pyrrole nitrogens is 1. The second kappa shape index (κ2) is 6.38. The fraction of sp³-hybridized carbons (Fsp3) is 0. The van der Waals surface area contributed by atoms with Gasteiger partial charge in [0.1, 0.15) is 0 Å². The predicted octanol–water partition coefficient (Wildman–Crippen LogP) is 4.59. The van der Waals surface area contributed by atoms with Crippen LogP contribution in [0.25, 0.3) is 27.8 Å². The topological polar surface area (TPSA) is 46.5 Å². The maximum atomic E-state index is 4.31. The van der Waals surface area contributed by atoms with Gasteiger partial charge in [-0.15, -0.1) is 0 Å². The van der Waals surface area contributed by atoms with Gasteiger partial charge in [-0.05, 0) is 48.5 Å². The van der Waals surface area contributed by atoms with Crippen LogP contribution in [-0.2, 0) is 0 Å². The highest BCUT2D eigenvalue weighted by atomic mass is 15.0. The molecule has 4 heterocycles. The first kappa shape index (κ1) is 14.2. The number of aromatic nitrogens is 4. The first-order chi connectivity index (χ1) is 11.9. The van der Waals surface area contributed by atoms with Gasteiger partial charge in [-0.3, -0.25) is 9.97 Å². The Kier molecular flexibility index (Phi) is 3.78. The normalized spacial score (nSPS) is 10.5. The molecule has 0 aliphatic heterocycles. The van der Waals surface area contributed by atoms with Crippen LogP contribution in [0.3, 0.4) is 0 Å². The van der Waals surface area contributed by atoms with E-state index in [1.807, 2.05) is 67.1 Å². The van der Waals surface area contributed by atoms with Crippen molar-refractivity contribution in [2.45, 2.75) is 0 Å². The molecule has 0 fully saturated rings. The lowest BCUT2D eigenvalue weighted by molar-refractivity contribution is 1.13. The van der Waals surface area contributed by atoms with Crippen LogP contribution in [0.15, 0.2) is 91.5 Å². The van der Waals surface area contributed by atoms with E-state index in [0.717, 1.165) is 22.1 Å². The molecule has 0 saturated heterocycles. The van der Waals surface area contributed by atoms with E-state index in [2.05, 4.69) is 37.7 Å². The maximum absolute atomic E-state index is 4.31. The average molecular weight is 312 g/mol. The Hall–Kier alpha value is -3.40. The molecule has 0 atom stereocenters. The lowest BCUT2D eigenvalue weighted by Gasteiger charge is -2.03. The van der Waals surface area contributed by atoms with Crippen LogP contribution in [0.2, 0.25) is 0 Å². The minimum Gasteiger partial charge on any atom is -0.360 e. The van der Waals surface area contributed by atoms with Crippen molar-refractivity contribution in [2.24, 2.45) is 0 Å². The van der Waals surface area contributed by atoms with Gasteiger partial charge in [0.15, 0.2) is 0 Å². The number of benzene rings is 1. The average Bonchev–Trinajstić information content (AvgIpc) is 3.30. The Morgan fingerprint density at radius 3 is 2.33 bits per heavy atom. The Morgan fingerprint density at radius 1 is 0.708 bits per heavy atom. The van der Waals surface area contributed by atoms with Gasteiger partial charge in [-0.2, -0.15) is 0 Å². The fourth-order valence-electron chi connectivity index (χ4n) is 2.66. The summed E-state index contributed by atoms with van der Waals surface area (Å²) in [7, 11) is 0. The van der Waals surface area contributed by atoms with Crippen molar-refractivity contribution in [1.29, 1.82) is 0 Å². The summed E-state index contributed by atoms with van der Waals surface area (Å²) in [6.07, 6.45) is 7.54. The van der Waals surface area contributed by atoms with Gasteiger partial charge in [0.25, 0.3) is 0 Å². The van der Waals surface area contributed by atoms with Crippen LogP contribution in [0.5, 0.6) is 0 Å². The number of fused-ring (bicyclic) bond motifs is 2. The Labute approximate surface area is 139 Å². The van der Waals surface area contributed by atoms with E-state index >= 15 is 0 Å². The van der Waals surface area contributed by atoms with Crippen LogP contribution in [0.1, 0.15) is 0 Å². The standard InChI is InChI=1S/C13H10N2.C7H6N2/c1-2-5-11(6-3-1)15-10-8-12-13(15)7-4-9-14-12;1-2-6-7(8-4-1)3-5-9-6/h1-10H;1-5,9H. The van der Waals surface area contributed by atoms with Gasteiger partial charge >= 0.3 is 0 Å². The summed E-state index contributed by atoms with van der Waals surface area (Å²) in [6.45, 7) is 0. The number of hydrogen-bond donors (Lipinski definition) is 1. The zero-order valence-corrected chi connectivity index (χ0v) is 13.0. The van der Waals surface area contributed by atoms with E-state index in [0.29, 0.717) is 0 Å². The first-order valence-corrected chi connectivity index (χ1v) is 7.77. The molecule has 0 bridgehead atoms. The summed E-state index contributed by atoms with van der Waals surface area (Å²) in [5, 5.41) is 0. The minimum atomic E-state index is 1.03. The molecule has 5 aromatic rings. The van der Waals surface area contributed by atoms with Crippen LogP contribution >= 0.6 is 0 Å². The summed E-state index contributed by atoms with van der Waals surface area (Å²) in [6, 6.07) is 22.2. The third-order valence-corrected chi connectivity index (χ3v) is 3.81. The fourth-order valence-corrected chi connectivity index (χ4v) is 2.66.